The summed E-state index contributed by atoms with van der Waals surface area (Å²) in [7, 11) is 1.63. The van der Waals surface area contributed by atoms with E-state index in [4.69, 9.17) is 9.47 Å². The Morgan fingerprint density at radius 2 is 2.09 bits per heavy atom. The summed E-state index contributed by atoms with van der Waals surface area (Å²) in [6.07, 6.45) is 0.380. The van der Waals surface area contributed by atoms with Crippen molar-refractivity contribution >= 4 is 5.91 Å². The van der Waals surface area contributed by atoms with Gasteiger partial charge in [0.1, 0.15) is 5.75 Å². The van der Waals surface area contributed by atoms with Crippen LogP contribution in [0.15, 0.2) is 24.3 Å². The molecule has 1 N–H and O–H groups in total. The highest BCUT2D eigenvalue weighted by molar-refractivity contribution is 5.78. The third kappa shape index (κ3) is 5.52. The van der Waals surface area contributed by atoms with Crippen molar-refractivity contribution in [2.24, 2.45) is 5.92 Å². The van der Waals surface area contributed by atoms with E-state index in [0.717, 1.165) is 37.6 Å². The maximum Gasteiger partial charge on any atom is 0.224 e. The molecule has 1 atom stereocenters. The minimum atomic E-state index is 0.0529. The molecule has 5 nitrogen and oxygen atoms in total. The number of ether oxygens (including phenoxy) is 2. The van der Waals surface area contributed by atoms with Crippen LogP contribution in [0.2, 0.25) is 0 Å². The number of hydrogen-bond donors (Lipinski definition) is 1. The fourth-order valence-electron chi connectivity index (χ4n) is 2.94. The van der Waals surface area contributed by atoms with E-state index in [2.05, 4.69) is 24.1 Å². The Kier molecular flexibility index (Phi) is 6.86. The lowest BCUT2D eigenvalue weighted by atomic mass is 10.0. The first-order chi connectivity index (χ1) is 11.1. The second-order valence-electron chi connectivity index (χ2n) is 6.29. The highest BCUT2D eigenvalue weighted by atomic mass is 16.5. The molecule has 0 unspecified atom stereocenters. The van der Waals surface area contributed by atoms with Crippen LogP contribution in [-0.2, 0) is 16.0 Å². The number of nitrogens with zero attached hydrogens (tertiary/aromatic N) is 1. The average Bonchev–Trinajstić information content (AvgIpc) is 2.56. The molecular formula is C18H28N2O3. The number of amides is 1. The van der Waals surface area contributed by atoms with Crippen LogP contribution < -0.4 is 10.1 Å². The van der Waals surface area contributed by atoms with Gasteiger partial charge in [0.25, 0.3) is 0 Å². The van der Waals surface area contributed by atoms with Crippen LogP contribution >= 0.6 is 0 Å². The van der Waals surface area contributed by atoms with Gasteiger partial charge < -0.3 is 14.8 Å². The number of rotatable bonds is 7. The van der Waals surface area contributed by atoms with Gasteiger partial charge in [0.05, 0.1) is 26.7 Å². The van der Waals surface area contributed by atoms with E-state index in [1.807, 2.05) is 24.3 Å². The molecule has 128 valence electrons. The molecule has 0 aromatic heterocycles. The van der Waals surface area contributed by atoms with Gasteiger partial charge in [-0.05, 0) is 23.6 Å². The molecule has 1 aromatic rings. The van der Waals surface area contributed by atoms with Crippen LogP contribution in [-0.4, -0.2) is 56.8 Å². The fourth-order valence-corrected chi connectivity index (χ4v) is 2.94. The lowest BCUT2D eigenvalue weighted by Gasteiger charge is -2.36. The summed E-state index contributed by atoms with van der Waals surface area (Å²) >= 11 is 0. The molecule has 0 aliphatic carbocycles. The lowest BCUT2D eigenvalue weighted by Crippen LogP contribution is -2.51. The van der Waals surface area contributed by atoms with Crippen molar-refractivity contribution < 1.29 is 14.3 Å². The van der Waals surface area contributed by atoms with Crippen molar-refractivity contribution in [2.75, 3.05) is 40.0 Å². The minimum absolute atomic E-state index is 0.0529. The van der Waals surface area contributed by atoms with Gasteiger partial charge in [-0.15, -0.1) is 0 Å². The Bertz CT molecular complexity index is 499. The zero-order chi connectivity index (χ0) is 16.7. The Labute approximate surface area is 139 Å². The highest BCUT2D eigenvalue weighted by Gasteiger charge is 2.24. The summed E-state index contributed by atoms with van der Waals surface area (Å²) in [6.45, 7) is 8.52. The van der Waals surface area contributed by atoms with Crippen LogP contribution in [0.5, 0.6) is 5.75 Å². The number of nitrogens with one attached hydrogen (secondary N) is 1. The number of morpholine rings is 1. The predicted molar refractivity (Wildman–Crippen MR) is 90.7 cm³/mol. The first-order valence-electron chi connectivity index (χ1n) is 8.31. The summed E-state index contributed by atoms with van der Waals surface area (Å²) in [6, 6.07) is 8.00. The molecule has 1 aliphatic heterocycles. The molecule has 1 amide bonds. The molecule has 1 saturated heterocycles. The second-order valence-corrected chi connectivity index (χ2v) is 6.29. The van der Waals surface area contributed by atoms with Crippen molar-refractivity contribution in [1.82, 2.24) is 10.2 Å². The van der Waals surface area contributed by atoms with Crippen molar-refractivity contribution in [1.29, 1.82) is 0 Å². The molecule has 1 heterocycles. The van der Waals surface area contributed by atoms with E-state index in [9.17, 15) is 4.79 Å². The molecule has 1 aliphatic rings. The Morgan fingerprint density at radius 1 is 1.35 bits per heavy atom. The number of carbonyl (C=O) groups is 1. The van der Waals surface area contributed by atoms with E-state index >= 15 is 0 Å². The molecule has 1 aromatic carbocycles. The summed E-state index contributed by atoms with van der Waals surface area (Å²) in [5.41, 5.74) is 0.967. The lowest BCUT2D eigenvalue weighted by molar-refractivity contribution is -0.120. The molecule has 2 rings (SSSR count). The van der Waals surface area contributed by atoms with E-state index in [-0.39, 0.29) is 5.91 Å². The third-order valence-corrected chi connectivity index (χ3v) is 4.29. The first-order valence-corrected chi connectivity index (χ1v) is 8.31. The first kappa shape index (κ1) is 17.8. The van der Waals surface area contributed by atoms with Crippen LogP contribution in [0.3, 0.4) is 0 Å². The number of benzene rings is 1. The maximum atomic E-state index is 12.2. The standard InChI is InChI=1S/C18H28N2O3/c1-14(2)17(20-7-9-23-10-8-20)13-19-18(21)12-15-5-4-6-16(11-15)22-3/h4-6,11,14,17H,7-10,12-13H2,1-3H3,(H,19,21)/t17-/m1/s1. The zero-order valence-electron chi connectivity index (χ0n) is 14.4. The van der Waals surface area contributed by atoms with Gasteiger partial charge in [-0.1, -0.05) is 26.0 Å². The molecule has 1 fully saturated rings. The molecule has 5 heteroatoms. The van der Waals surface area contributed by atoms with Crippen molar-refractivity contribution in [3.63, 3.8) is 0 Å². The number of hydrogen-bond acceptors (Lipinski definition) is 4. The van der Waals surface area contributed by atoms with E-state index in [0.29, 0.717) is 24.9 Å². The Morgan fingerprint density at radius 3 is 2.74 bits per heavy atom. The van der Waals surface area contributed by atoms with Gasteiger partial charge >= 0.3 is 0 Å². The normalized spacial score (nSPS) is 17.0. The Hall–Kier alpha value is -1.59. The predicted octanol–water partition coefficient (Wildman–Crippen LogP) is 1.71. The maximum absolute atomic E-state index is 12.2. The number of carbonyl (C=O) groups excluding carboxylic acids is 1. The van der Waals surface area contributed by atoms with Gasteiger partial charge in [0.15, 0.2) is 0 Å². The van der Waals surface area contributed by atoms with Crippen LogP contribution in [0, 0.1) is 5.92 Å². The SMILES string of the molecule is COc1cccc(CC(=O)NC[C@H](C(C)C)N2CCOCC2)c1. The van der Waals surface area contributed by atoms with Crippen LogP contribution in [0.25, 0.3) is 0 Å². The number of methoxy groups -OCH3 is 1. The molecule has 0 radical (unpaired) electrons. The van der Waals surface area contributed by atoms with Crippen molar-refractivity contribution in [3.8, 4) is 5.75 Å². The van der Waals surface area contributed by atoms with Gasteiger partial charge in [0.2, 0.25) is 5.91 Å². The van der Waals surface area contributed by atoms with Crippen LogP contribution in [0.4, 0.5) is 0 Å². The largest absolute Gasteiger partial charge is 0.497 e. The summed E-state index contributed by atoms with van der Waals surface area (Å²) in [4.78, 5) is 14.6. The second kappa shape index (κ2) is 8.89. The van der Waals surface area contributed by atoms with Crippen molar-refractivity contribution in [3.05, 3.63) is 29.8 Å². The van der Waals surface area contributed by atoms with E-state index < -0.39 is 0 Å². The monoisotopic (exact) mass is 320 g/mol. The average molecular weight is 320 g/mol. The molecule has 0 spiro atoms. The molecule has 0 saturated carbocycles. The highest BCUT2D eigenvalue weighted by Crippen LogP contribution is 2.14. The summed E-state index contributed by atoms with van der Waals surface area (Å²) in [5.74, 6) is 1.33. The smallest absolute Gasteiger partial charge is 0.224 e. The molecule has 0 bridgehead atoms. The third-order valence-electron chi connectivity index (χ3n) is 4.29. The van der Waals surface area contributed by atoms with Crippen molar-refractivity contribution in [2.45, 2.75) is 26.3 Å². The summed E-state index contributed by atoms with van der Waals surface area (Å²) < 4.78 is 10.6. The summed E-state index contributed by atoms with van der Waals surface area (Å²) in [5, 5.41) is 3.09. The van der Waals surface area contributed by atoms with E-state index in [1.165, 1.54) is 0 Å². The molecular weight excluding hydrogens is 292 g/mol. The minimum Gasteiger partial charge on any atom is -0.497 e. The zero-order valence-corrected chi connectivity index (χ0v) is 14.4. The fraction of sp³-hybridized carbons (Fsp3) is 0.611. The topological polar surface area (TPSA) is 50.8 Å². The van der Waals surface area contributed by atoms with Gasteiger partial charge in [-0.25, -0.2) is 0 Å². The van der Waals surface area contributed by atoms with Crippen LogP contribution in [0.1, 0.15) is 19.4 Å². The Balaban J connectivity index is 1.85. The van der Waals surface area contributed by atoms with Gasteiger partial charge in [-0.3, -0.25) is 9.69 Å². The van der Waals surface area contributed by atoms with Gasteiger partial charge in [0, 0.05) is 25.7 Å². The molecule has 23 heavy (non-hydrogen) atoms. The van der Waals surface area contributed by atoms with Gasteiger partial charge in [-0.2, -0.15) is 0 Å². The van der Waals surface area contributed by atoms with E-state index in [1.54, 1.807) is 7.11 Å². The quantitative estimate of drug-likeness (QED) is 0.831.